The van der Waals surface area contributed by atoms with Gasteiger partial charge in [0.1, 0.15) is 11.9 Å². The summed E-state index contributed by atoms with van der Waals surface area (Å²) in [7, 11) is 0. The van der Waals surface area contributed by atoms with Gasteiger partial charge in [-0.25, -0.2) is 4.39 Å². The molecule has 0 radical (unpaired) electrons. The number of alkyl halides is 3. The SMILES string of the molecule is NC(=O)C(N)c1ccc(F)cc1C(F)(F)F. The number of hydrogen-bond donors (Lipinski definition) is 2. The van der Waals surface area contributed by atoms with E-state index in [4.69, 9.17) is 11.5 Å². The van der Waals surface area contributed by atoms with Crippen LogP contribution in [0.1, 0.15) is 17.2 Å². The van der Waals surface area contributed by atoms with Crippen molar-refractivity contribution in [1.29, 1.82) is 0 Å². The first-order valence-electron chi connectivity index (χ1n) is 4.15. The highest BCUT2D eigenvalue weighted by Gasteiger charge is 2.36. The van der Waals surface area contributed by atoms with Crippen LogP contribution in [-0.4, -0.2) is 5.91 Å². The molecule has 0 heterocycles. The third-order valence-corrected chi connectivity index (χ3v) is 1.96. The number of rotatable bonds is 2. The summed E-state index contributed by atoms with van der Waals surface area (Å²) in [4.78, 5) is 10.7. The molecule has 7 heteroatoms. The molecule has 0 aromatic heterocycles. The number of carbonyl (C=O) groups excluding carboxylic acids is 1. The minimum Gasteiger partial charge on any atom is -0.368 e. The molecular formula is C9H8F4N2O. The summed E-state index contributed by atoms with van der Waals surface area (Å²) >= 11 is 0. The highest BCUT2D eigenvalue weighted by atomic mass is 19.4. The molecule has 16 heavy (non-hydrogen) atoms. The van der Waals surface area contributed by atoms with Gasteiger partial charge in [-0.2, -0.15) is 13.2 Å². The van der Waals surface area contributed by atoms with Gasteiger partial charge in [-0.1, -0.05) is 6.07 Å². The molecule has 1 amide bonds. The maximum absolute atomic E-state index is 12.7. The molecule has 88 valence electrons. The van der Waals surface area contributed by atoms with Gasteiger partial charge in [-0.15, -0.1) is 0 Å². The summed E-state index contributed by atoms with van der Waals surface area (Å²) in [6.07, 6.45) is -4.79. The lowest BCUT2D eigenvalue weighted by Gasteiger charge is -2.15. The molecule has 0 saturated carbocycles. The third-order valence-electron chi connectivity index (χ3n) is 1.96. The molecule has 1 aromatic rings. The smallest absolute Gasteiger partial charge is 0.368 e. The summed E-state index contributed by atoms with van der Waals surface area (Å²) in [5.41, 5.74) is 8.15. The second kappa shape index (κ2) is 4.09. The van der Waals surface area contributed by atoms with Crippen molar-refractivity contribution in [2.24, 2.45) is 11.5 Å². The van der Waals surface area contributed by atoms with Gasteiger partial charge in [0, 0.05) is 0 Å². The van der Waals surface area contributed by atoms with Crippen LogP contribution in [0.25, 0.3) is 0 Å². The largest absolute Gasteiger partial charge is 0.416 e. The Hall–Kier alpha value is -1.63. The Kier molecular flexibility index (Phi) is 3.18. The molecule has 1 rings (SSSR count). The fourth-order valence-electron chi connectivity index (χ4n) is 1.20. The Morgan fingerprint density at radius 1 is 1.31 bits per heavy atom. The van der Waals surface area contributed by atoms with Crippen molar-refractivity contribution in [2.75, 3.05) is 0 Å². The zero-order valence-corrected chi connectivity index (χ0v) is 7.88. The molecular weight excluding hydrogens is 228 g/mol. The minimum absolute atomic E-state index is 0.276. The van der Waals surface area contributed by atoms with Crippen LogP contribution in [0, 0.1) is 5.82 Å². The Morgan fingerprint density at radius 3 is 2.31 bits per heavy atom. The molecule has 0 aliphatic carbocycles. The van der Waals surface area contributed by atoms with E-state index in [0.717, 1.165) is 12.1 Å². The van der Waals surface area contributed by atoms with Crippen molar-refractivity contribution < 1.29 is 22.4 Å². The van der Waals surface area contributed by atoms with Gasteiger partial charge < -0.3 is 11.5 Å². The average molecular weight is 236 g/mol. The van der Waals surface area contributed by atoms with E-state index in [9.17, 15) is 22.4 Å². The van der Waals surface area contributed by atoms with Gasteiger partial charge in [-0.05, 0) is 17.7 Å². The number of hydrogen-bond acceptors (Lipinski definition) is 2. The standard InChI is InChI=1S/C9H8F4N2O/c10-4-1-2-5(7(14)8(15)16)6(3-4)9(11,12)13/h1-3,7H,14H2,(H2,15,16). The zero-order valence-electron chi connectivity index (χ0n) is 7.88. The van der Waals surface area contributed by atoms with E-state index < -0.39 is 35.1 Å². The first-order valence-corrected chi connectivity index (χ1v) is 4.15. The van der Waals surface area contributed by atoms with Crippen LogP contribution in [-0.2, 0) is 11.0 Å². The Morgan fingerprint density at radius 2 is 1.88 bits per heavy atom. The lowest BCUT2D eigenvalue weighted by molar-refractivity contribution is -0.138. The first-order chi connectivity index (χ1) is 7.23. The maximum atomic E-state index is 12.7. The van der Waals surface area contributed by atoms with Crippen molar-refractivity contribution in [3.63, 3.8) is 0 Å². The molecule has 0 bridgehead atoms. The van der Waals surface area contributed by atoms with Gasteiger partial charge in [0.05, 0.1) is 5.56 Å². The summed E-state index contributed by atoms with van der Waals surface area (Å²) in [6.45, 7) is 0. The van der Waals surface area contributed by atoms with Crippen molar-refractivity contribution in [3.05, 3.63) is 35.1 Å². The molecule has 0 aliphatic rings. The number of halogens is 4. The van der Waals surface area contributed by atoms with E-state index in [1.54, 1.807) is 0 Å². The number of primary amides is 1. The second-order valence-corrected chi connectivity index (χ2v) is 3.11. The van der Waals surface area contributed by atoms with Gasteiger partial charge >= 0.3 is 6.18 Å². The fraction of sp³-hybridized carbons (Fsp3) is 0.222. The van der Waals surface area contributed by atoms with Crippen LogP contribution in [0.3, 0.4) is 0 Å². The lowest BCUT2D eigenvalue weighted by atomic mass is 10.00. The van der Waals surface area contributed by atoms with Gasteiger partial charge in [0.25, 0.3) is 0 Å². The van der Waals surface area contributed by atoms with Crippen molar-refractivity contribution in [1.82, 2.24) is 0 Å². The zero-order chi connectivity index (χ0) is 12.5. The van der Waals surface area contributed by atoms with E-state index in [1.165, 1.54) is 0 Å². The van der Waals surface area contributed by atoms with Crippen LogP contribution in [0.15, 0.2) is 18.2 Å². The van der Waals surface area contributed by atoms with Crippen LogP contribution in [0.4, 0.5) is 17.6 Å². The highest BCUT2D eigenvalue weighted by molar-refractivity contribution is 5.81. The van der Waals surface area contributed by atoms with Gasteiger partial charge in [-0.3, -0.25) is 4.79 Å². The quantitative estimate of drug-likeness (QED) is 0.760. The summed E-state index contributed by atoms with van der Waals surface area (Å²) in [5, 5.41) is 0. The predicted octanol–water partition coefficient (Wildman–Crippen LogP) is 1.33. The minimum atomic E-state index is -4.79. The van der Waals surface area contributed by atoms with E-state index in [2.05, 4.69) is 0 Å². The molecule has 1 aromatic carbocycles. The van der Waals surface area contributed by atoms with Crippen molar-refractivity contribution in [2.45, 2.75) is 12.2 Å². The van der Waals surface area contributed by atoms with Gasteiger partial charge in [0.2, 0.25) is 5.91 Å². The Labute approximate surface area is 88.0 Å². The molecule has 0 fully saturated rings. The summed E-state index contributed by atoms with van der Waals surface area (Å²) < 4.78 is 50.1. The summed E-state index contributed by atoms with van der Waals surface area (Å²) in [5.74, 6) is -2.18. The number of carbonyl (C=O) groups is 1. The number of nitrogens with two attached hydrogens (primary N) is 2. The van der Waals surface area contributed by atoms with Crippen molar-refractivity contribution in [3.8, 4) is 0 Å². The normalized spacial score (nSPS) is 13.6. The number of amides is 1. The Balaban J connectivity index is 3.34. The molecule has 1 unspecified atom stereocenters. The van der Waals surface area contributed by atoms with Gasteiger partial charge in [0.15, 0.2) is 0 Å². The topological polar surface area (TPSA) is 69.1 Å². The molecule has 1 atom stereocenters. The van der Waals surface area contributed by atoms with Crippen LogP contribution < -0.4 is 11.5 Å². The van der Waals surface area contributed by atoms with Crippen molar-refractivity contribution >= 4 is 5.91 Å². The molecule has 0 saturated heterocycles. The fourth-order valence-corrected chi connectivity index (χ4v) is 1.20. The first kappa shape index (κ1) is 12.4. The van der Waals surface area contributed by atoms with E-state index in [1.807, 2.05) is 0 Å². The molecule has 4 N–H and O–H groups in total. The van der Waals surface area contributed by atoms with E-state index in [-0.39, 0.29) is 6.07 Å². The third kappa shape index (κ3) is 2.48. The Bertz CT molecular complexity index is 416. The molecule has 3 nitrogen and oxygen atoms in total. The highest BCUT2D eigenvalue weighted by Crippen LogP contribution is 2.34. The second-order valence-electron chi connectivity index (χ2n) is 3.11. The number of benzene rings is 1. The predicted molar refractivity (Wildman–Crippen MR) is 47.5 cm³/mol. The molecule has 0 aliphatic heterocycles. The van der Waals surface area contributed by atoms with E-state index in [0.29, 0.717) is 0 Å². The van der Waals surface area contributed by atoms with Crippen LogP contribution in [0.5, 0.6) is 0 Å². The summed E-state index contributed by atoms with van der Waals surface area (Å²) in [6, 6.07) is 0.247. The maximum Gasteiger partial charge on any atom is 0.416 e. The van der Waals surface area contributed by atoms with E-state index >= 15 is 0 Å². The monoisotopic (exact) mass is 236 g/mol. The lowest BCUT2D eigenvalue weighted by Crippen LogP contribution is -2.30. The average Bonchev–Trinajstić information content (AvgIpc) is 2.15. The van der Waals surface area contributed by atoms with Crippen LogP contribution >= 0.6 is 0 Å². The molecule has 0 spiro atoms. The van der Waals surface area contributed by atoms with Crippen LogP contribution in [0.2, 0.25) is 0 Å².